The summed E-state index contributed by atoms with van der Waals surface area (Å²) in [7, 11) is 0. The van der Waals surface area contributed by atoms with Crippen LogP contribution in [0.5, 0.6) is 0 Å². The zero-order chi connectivity index (χ0) is 13.1. The lowest BCUT2D eigenvalue weighted by atomic mass is 9.81. The number of ketones is 1. The van der Waals surface area contributed by atoms with Crippen molar-refractivity contribution in [1.29, 1.82) is 0 Å². The molecule has 2 rings (SSSR count). The summed E-state index contributed by atoms with van der Waals surface area (Å²) in [5, 5.41) is 10.0. The van der Waals surface area contributed by atoms with Crippen LogP contribution in [0, 0.1) is 12.3 Å². The van der Waals surface area contributed by atoms with Crippen molar-refractivity contribution in [3.63, 3.8) is 0 Å². The molecular weight excluding hydrogens is 266 g/mol. The standard InChI is InChI=1S/C13H11NO2S2/c1-3-5-17-8(4-2)10-12(15)11(13(10)16)9-6-14-7-18-9/h1,4,6-7,11,15H,5H2,2H3/b8-4-. The lowest BCUT2D eigenvalue weighted by molar-refractivity contribution is -0.118. The molecule has 1 aromatic heterocycles. The summed E-state index contributed by atoms with van der Waals surface area (Å²) in [6.07, 6.45) is 8.61. The van der Waals surface area contributed by atoms with E-state index in [1.165, 1.54) is 23.1 Å². The average molecular weight is 277 g/mol. The summed E-state index contributed by atoms with van der Waals surface area (Å²) in [6.45, 7) is 1.83. The highest BCUT2D eigenvalue weighted by Crippen LogP contribution is 2.44. The quantitative estimate of drug-likeness (QED) is 0.860. The number of terminal acetylenes is 1. The minimum atomic E-state index is -0.533. The molecule has 0 spiro atoms. The summed E-state index contributed by atoms with van der Waals surface area (Å²) >= 11 is 2.76. The number of aliphatic hydroxyl groups excluding tert-OH is 1. The summed E-state index contributed by atoms with van der Waals surface area (Å²) < 4.78 is 0. The maximum absolute atomic E-state index is 12.1. The van der Waals surface area contributed by atoms with E-state index in [4.69, 9.17) is 6.42 Å². The Bertz CT molecular complexity index is 564. The van der Waals surface area contributed by atoms with Crippen molar-refractivity contribution in [1.82, 2.24) is 4.98 Å². The van der Waals surface area contributed by atoms with Crippen LogP contribution in [0.4, 0.5) is 0 Å². The third kappa shape index (κ3) is 2.09. The number of nitrogens with zero attached hydrogens (tertiary/aromatic N) is 1. The highest BCUT2D eigenvalue weighted by Gasteiger charge is 2.42. The van der Waals surface area contributed by atoms with Crippen molar-refractivity contribution in [2.24, 2.45) is 0 Å². The van der Waals surface area contributed by atoms with Crippen LogP contribution in [0.25, 0.3) is 0 Å². The molecular formula is C13H11NO2S2. The molecule has 3 nitrogen and oxygen atoms in total. The van der Waals surface area contributed by atoms with Crippen LogP contribution in [-0.4, -0.2) is 21.6 Å². The van der Waals surface area contributed by atoms with Gasteiger partial charge in [0.25, 0.3) is 0 Å². The first-order chi connectivity index (χ1) is 8.70. The number of aliphatic hydroxyl groups is 1. The third-order valence-electron chi connectivity index (χ3n) is 2.59. The van der Waals surface area contributed by atoms with Gasteiger partial charge in [-0.25, -0.2) is 0 Å². The van der Waals surface area contributed by atoms with Crippen molar-refractivity contribution >= 4 is 28.9 Å². The van der Waals surface area contributed by atoms with Crippen molar-refractivity contribution in [2.75, 3.05) is 5.75 Å². The van der Waals surface area contributed by atoms with E-state index in [9.17, 15) is 9.90 Å². The first-order valence-corrected chi connectivity index (χ1v) is 7.15. The van der Waals surface area contributed by atoms with Gasteiger partial charge in [-0.05, 0) is 6.92 Å². The van der Waals surface area contributed by atoms with Crippen LogP contribution in [0.1, 0.15) is 17.7 Å². The number of rotatable bonds is 4. The molecule has 0 aliphatic heterocycles. The molecule has 1 aliphatic carbocycles. The number of thioether (sulfide) groups is 1. The van der Waals surface area contributed by atoms with Crippen molar-refractivity contribution < 1.29 is 9.90 Å². The molecule has 1 N–H and O–H groups in total. The van der Waals surface area contributed by atoms with Crippen LogP contribution < -0.4 is 0 Å². The SMILES string of the molecule is C#CCS/C(=C\C)C1=C(O)C(c2cncs2)C1=O. The predicted molar refractivity (Wildman–Crippen MR) is 74.6 cm³/mol. The summed E-state index contributed by atoms with van der Waals surface area (Å²) in [5.41, 5.74) is 2.05. The zero-order valence-corrected chi connectivity index (χ0v) is 11.3. The van der Waals surface area contributed by atoms with E-state index in [1.54, 1.807) is 17.8 Å². The van der Waals surface area contributed by atoms with Crippen LogP contribution in [0.2, 0.25) is 0 Å². The molecule has 1 unspecified atom stereocenters. The van der Waals surface area contributed by atoms with Gasteiger partial charge in [0.15, 0.2) is 5.78 Å². The molecule has 5 heteroatoms. The smallest absolute Gasteiger partial charge is 0.183 e. The van der Waals surface area contributed by atoms with E-state index in [2.05, 4.69) is 10.9 Å². The van der Waals surface area contributed by atoms with E-state index < -0.39 is 5.92 Å². The Morgan fingerprint density at radius 2 is 2.56 bits per heavy atom. The van der Waals surface area contributed by atoms with Gasteiger partial charge in [-0.15, -0.1) is 29.5 Å². The number of thiazole rings is 1. The zero-order valence-electron chi connectivity index (χ0n) is 9.71. The lowest BCUT2D eigenvalue weighted by Gasteiger charge is -2.27. The number of carbonyl (C=O) groups excluding carboxylic acids is 1. The second-order valence-corrected chi connectivity index (χ2v) is 5.54. The fourth-order valence-electron chi connectivity index (χ4n) is 1.76. The maximum atomic E-state index is 12.1. The number of hydrogen-bond acceptors (Lipinski definition) is 5. The van der Waals surface area contributed by atoms with Gasteiger partial charge < -0.3 is 5.11 Å². The molecule has 1 atom stereocenters. The maximum Gasteiger partial charge on any atom is 0.183 e. The minimum absolute atomic E-state index is 0.0608. The number of Topliss-reactive ketones (excluding diaryl/α,β-unsaturated/α-hetero) is 1. The molecule has 18 heavy (non-hydrogen) atoms. The lowest BCUT2D eigenvalue weighted by Crippen LogP contribution is -2.29. The van der Waals surface area contributed by atoms with E-state index in [0.29, 0.717) is 11.3 Å². The van der Waals surface area contributed by atoms with Crippen molar-refractivity contribution in [2.45, 2.75) is 12.8 Å². The Hall–Kier alpha value is -1.51. The molecule has 0 radical (unpaired) electrons. The fourth-order valence-corrected chi connectivity index (χ4v) is 3.24. The normalized spacial score (nSPS) is 19.7. The molecule has 1 heterocycles. The molecule has 0 saturated carbocycles. The van der Waals surface area contributed by atoms with Crippen molar-refractivity contribution in [3.05, 3.63) is 38.9 Å². The van der Waals surface area contributed by atoms with Gasteiger partial charge in [0, 0.05) is 16.0 Å². The van der Waals surface area contributed by atoms with E-state index in [-0.39, 0.29) is 11.5 Å². The number of carbonyl (C=O) groups is 1. The van der Waals surface area contributed by atoms with E-state index >= 15 is 0 Å². The van der Waals surface area contributed by atoms with E-state index in [1.807, 2.05) is 6.92 Å². The monoisotopic (exact) mass is 277 g/mol. The highest BCUT2D eigenvalue weighted by atomic mass is 32.2. The van der Waals surface area contributed by atoms with Crippen LogP contribution in [0.15, 0.2) is 34.0 Å². The van der Waals surface area contributed by atoms with Gasteiger partial charge in [0.1, 0.15) is 11.7 Å². The summed E-state index contributed by atoms with van der Waals surface area (Å²) in [5.74, 6) is 2.52. The van der Waals surface area contributed by atoms with Gasteiger partial charge in [-0.1, -0.05) is 12.0 Å². The molecule has 1 aliphatic rings. The van der Waals surface area contributed by atoms with Crippen LogP contribution >= 0.6 is 23.1 Å². The molecule has 92 valence electrons. The Labute approximate surface area is 114 Å². The first kappa shape index (κ1) is 12.9. The highest BCUT2D eigenvalue weighted by molar-refractivity contribution is 8.03. The Morgan fingerprint density at radius 1 is 1.78 bits per heavy atom. The summed E-state index contributed by atoms with van der Waals surface area (Å²) in [6, 6.07) is 0. The predicted octanol–water partition coefficient (Wildman–Crippen LogP) is 2.89. The molecule has 0 bridgehead atoms. The van der Waals surface area contributed by atoms with Gasteiger partial charge in [-0.3, -0.25) is 9.78 Å². The minimum Gasteiger partial charge on any atom is -0.510 e. The Kier molecular flexibility index (Phi) is 3.90. The van der Waals surface area contributed by atoms with Gasteiger partial charge in [-0.2, -0.15) is 0 Å². The van der Waals surface area contributed by atoms with Gasteiger partial charge >= 0.3 is 0 Å². The number of aromatic nitrogens is 1. The number of allylic oxidation sites excluding steroid dienone is 3. The Morgan fingerprint density at radius 3 is 3.06 bits per heavy atom. The third-order valence-corrected chi connectivity index (χ3v) is 4.50. The second-order valence-electron chi connectivity index (χ2n) is 3.61. The van der Waals surface area contributed by atoms with Gasteiger partial charge in [0.05, 0.1) is 16.8 Å². The molecule has 0 amide bonds. The molecule has 0 fully saturated rings. The van der Waals surface area contributed by atoms with Crippen LogP contribution in [0.3, 0.4) is 0 Å². The van der Waals surface area contributed by atoms with Crippen LogP contribution in [-0.2, 0) is 4.79 Å². The summed E-state index contributed by atoms with van der Waals surface area (Å²) in [4.78, 5) is 17.5. The topological polar surface area (TPSA) is 50.2 Å². The second kappa shape index (κ2) is 5.42. The molecule has 0 aromatic carbocycles. The average Bonchev–Trinajstić information content (AvgIpc) is 2.87. The Balaban J connectivity index is 2.26. The number of hydrogen-bond donors (Lipinski definition) is 1. The largest absolute Gasteiger partial charge is 0.510 e. The fraction of sp³-hybridized carbons (Fsp3) is 0.231. The van der Waals surface area contributed by atoms with E-state index in [0.717, 1.165) is 9.78 Å². The molecule has 0 saturated heterocycles. The molecule has 1 aromatic rings. The first-order valence-electron chi connectivity index (χ1n) is 5.29. The van der Waals surface area contributed by atoms with Crippen molar-refractivity contribution in [3.8, 4) is 12.3 Å². The van der Waals surface area contributed by atoms with Gasteiger partial charge in [0.2, 0.25) is 0 Å².